The molecule has 3 aliphatic rings. The molecule has 0 unspecified atom stereocenters. The van der Waals surface area contributed by atoms with E-state index in [0.29, 0.717) is 11.6 Å². The fraction of sp³-hybridized carbons (Fsp3) is 0.650. The zero-order chi connectivity index (χ0) is 20.6. The molecule has 3 fully saturated rings. The van der Waals surface area contributed by atoms with Gasteiger partial charge in [-0.1, -0.05) is 17.7 Å². The van der Waals surface area contributed by atoms with Crippen LogP contribution >= 0.6 is 23.4 Å². The highest BCUT2D eigenvalue weighted by Gasteiger charge is 2.38. The molecule has 0 aliphatic carbocycles. The number of thioether (sulfide) groups is 1. The second-order valence-electron chi connectivity index (χ2n) is 8.04. The third-order valence-corrected chi connectivity index (χ3v) is 7.58. The summed E-state index contributed by atoms with van der Waals surface area (Å²) in [7, 11) is 0. The summed E-state index contributed by atoms with van der Waals surface area (Å²) in [6, 6.07) is 4.50. The maximum absolute atomic E-state index is 13.1. The summed E-state index contributed by atoms with van der Waals surface area (Å²) in [5.74, 6) is 2.11. The zero-order valence-corrected chi connectivity index (χ0v) is 17.6. The Morgan fingerprint density at radius 3 is 2.62 bits per heavy atom. The van der Waals surface area contributed by atoms with Gasteiger partial charge in [0, 0.05) is 24.9 Å². The van der Waals surface area contributed by atoms with Crippen LogP contribution < -0.4 is 5.32 Å². The van der Waals surface area contributed by atoms with E-state index in [9.17, 15) is 18.0 Å². The van der Waals surface area contributed by atoms with E-state index in [-0.39, 0.29) is 22.9 Å². The number of piperidine rings is 1. The number of halogens is 4. The van der Waals surface area contributed by atoms with Crippen LogP contribution in [0, 0.1) is 0 Å². The number of benzene rings is 1. The first kappa shape index (κ1) is 21.3. The van der Waals surface area contributed by atoms with Gasteiger partial charge in [-0.2, -0.15) is 13.2 Å². The number of hydrogen-bond acceptors (Lipinski definition) is 4. The molecule has 3 aliphatic heterocycles. The van der Waals surface area contributed by atoms with E-state index >= 15 is 0 Å². The van der Waals surface area contributed by atoms with Gasteiger partial charge < -0.3 is 10.2 Å². The van der Waals surface area contributed by atoms with Gasteiger partial charge in [-0.25, -0.2) is 0 Å². The van der Waals surface area contributed by atoms with Crippen LogP contribution in [0.2, 0.25) is 5.02 Å². The average Bonchev–Trinajstić information content (AvgIpc) is 3.39. The van der Waals surface area contributed by atoms with Crippen molar-refractivity contribution in [1.29, 1.82) is 0 Å². The summed E-state index contributed by atoms with van der Waals surface area (Å²) in [6.07, 6.45) is -1.99. The smallest absolute Gasteiger partial charge is 0.331 e. The van der Waals surface area contributed by atoms with E-state index in [1.807, 2.05) is 4.90 Å². The van der Waals surface area contributed by atoms with Crippen molar-refractivity contribution in [3.8, 4) is 0 Å². The second-order valence-corrected chi connectivity index (χ2v) is 9.52. The van der Waals surface area contributed by atoms with Crippen molar-refractivity contribution in [2.75, 3.05) is 37.8 Å². The van der Waals surface area contributed by atoms with Gasteiger partial charge in [0.2, 0.25) is 5.91 Å². The number of alkyl halides is 3. The van der Waals surface area contributed by atoms with Crippen LogP contribution in [0.25, 0.3) is 0 Å². The quantitative estimate of drug-likeness (QED) is 0.764. The minimum atomic E-state index is -4.43. The summed E-state index contributed by atoms with van der Waals surface area (Å²) in [5.41, 5.74) is -0.0361. The molecule has 0 radical (unpaired) electrons. The number of carbonyl (C=O) groups excluding carboxylic acids is 1. The van der Waals surface area contributed by atoms with E-state index in [1.54, 1.807) is 17.8 Å². The van der Waals surface area contributed by atoms with Gasteiger partial charge in [-0.15, -0.1) is 11.8 Å². The molecule has 4 nitrogen and oxygen atoms in total. The van der Waals surface area contributed by atoms with Crippen LogP contribution in [-0.4, -0.2) is 65.6 Å². The van der Waals surface area contributed by atoms with E-state index in [0.717, 1.165) is 57.1 Å². The Bertz CT molecular complexity index is 749. The van der Waals surface area contributed by atoms with Crippen molar-refractivity contribution < 1.29 is 18.0 Å². The molecule has 0 saturated carbocycles. The predicted octanol–water partition coefficient (Wildman–Crippen LogP) is 3.80. The van der Waals surface area contributed by atoms with E-state index < -0.39 is 11.7 Å². The van der Waals surface area contributed by atoms with E-state index in [1.165, 1.54) is 12.1 Å². The number of nitrogens with zero attached hydrogens (tertiary/aromatic N) is 2. The number of rotatable bonds is 3. The molecule has 0 bridgehead atoms. The van der Waals surface area contributed by atoms with Crippen molar-refractivity contribution in [3.05, 3.63) is 34.3 Å². The van der Waals surface area contributed by atoms with Gasteiger partial charge >= 0.3 is 6.18 Å². The highest BCUT2D eigenvalue weighted by Crippen LogP contribution is 2.38. The van der Waals surface area contributed by atoms with Gasteiger partial charge in [0.1, 0.15) is 0 Å². The van der Waals surface area contributed by atoms with Gasteiger partial charge in [0.15, 0.2) is 0 Å². The van der Waals surface area contributed by atoms with Crippen LogP contribution in [0.5, 0.6) is 0 Å². The molecule has 29 heavy (non-hydrogen) atoms. The van der Waals surface area contributed by atoms with Crippen molar-refractivity contribution in [1.82, 2.24) is 15.1 Å². The third-order valence-electron chi connectivity index (χ3n) is 6.28. The van der Waals surface area contributed by atoms with Gasteiger partial charge in [-0.3, -0.25) is 9.69 Å². The minimum Gasteiger partial charge on any atom is -0.331 e. The monoisotopic (exact) mass is 447 g/mol. The van der Waals surface area contributed by atoms with Crippen molar-refractivity contribution in [2.24, 2.45) is 0 Å². The van der Waals surface area contributed by atoms with Crippen LogP contribution in [-0.2, 0) is 11.0 Å². The topological polar surface area (TPSA) is 35.6 Å². The Morgan fingerprint density at radius 2 is 1.97 bits per heavy atom. The van der Waals surface area contributed by atoms with Crippen molar-refractivity contribution in [2.45, 2.75) is 43.4 Å². The number of nitrogens with one attached hydrogen (secondary N) is 1. The summed E-state index contributed by atoms with van der Waals surface area (Å²) < 4.78 is 39.4. The lowest BCUT2D eigenvalue weighted by molar-refractivity contribution is -0.137. The minimum absolute atomic E-state index is 0.109. The number of likely N-dealkylation sites (tertiary alicyclic amines) is 1. The fourth-order valence-electron chi connectivity index (χ4n) is 4.60. The highest BCUT2D eigenvalue weighted by atomic mass is 35.5. The van der Waals surface area contributed by atoms with Gasteiger partial charge in [0.05, 0.1) is 22.5 Å². The van der Waals surface area contributed by atoms with Crippen molar-refractivity contribution in [3.63, 3.8) is 0 Å². The molecule has 1 aromatic carbocycles. The molecule has 1 amide bonds. The van der Waals surface area contributed by atoms with Crippen LogP contribution in [0.4, 0.5) is 13.2 Å². The predicted molar refractivity (Wildman–Crippen MR) is 109 cm³/mol. The molecule has 0 spiro atoms. The first-order valence-electron chi connectivity index (χ1n) is 10.0. The lowest BCUT2D eigenvalue weighted by atomic mass is 9.88. The van der Waals surface area contributed by atoms with Crippen LogP contribution in [0.15, 0.2) is 18.2 Å². The first-order valence-corrected chi connectivity index (χ1v) is 11.6. The first-order chi connectivity index (χ1) is 13.8. The maximum Gasteiger partial charge on any atom is 0.417 e. The number of amides is 1. The summed E-state index contributed by atoms with van der Waals surface area (Å²) in [6.45, 7) is 3.29. The third kappa shape index (κ3) is 4.70. The normalized spacial score (nSPS) is 27.0. The Morgan fingerprint density at radius 1 is 1.21 bits per heavy atom. The molecule has 1 aromatic rings. The second kappa shape index (κ2) is 8.65. The van der Waals surface area contributed by atoms with Gasteiger partial charge in [-0.05, 0) is 56.0 Å². The Hall–Kier alpha value is -0.960. The van der Waals surface area contributed by atoms with Crippen LogP contribution in [0.3, 0.4) is 0 Å². The lowest BCUT2D eigenvalue weighted by Crippen LogP contribution is -2.42. The Balaban J connectivity index is 1.33. The molecule has 3 saturated heterocycles. The largest absolute Gasteiger partial charge is 0.417 e. The van der Waals surface area contributed by atoms with Crippen molar-refractivity contribution >= 4 is 29.3 Å². The molecule has 0 aromatic heterocycles. The summed E-state index contributed by atoms with van der Waals surface area (Å²) >= 11 is 7.54. The average molecular weight is 448 g/mol. The molecule has 1 N–H and O–H groups in total. The maximum atomic E-state index is 13.1. The van der Waals surface area contributed by atoms with E-state index in [4.69, 9.17) is 11.6 Å². The number of hydrogen-bond donors (Lipinski definition) is 1. The molecule has 3 heterocycles. The SMILES string of the molecule is O=C([C@@H]1C[C@H](N2CCC(c3ccc(Cl)c(C(F)(F)F)c3)CC2)CN1)N1CCSC1. The molecular formula is C20H25ClF3N3OS. The fourth-order valence-corrected chi connectivity index (χ4v) is 5.78. The van der Waals surface area contributed by atoms with E-state index in [2.05, 4.69) is 10.2 Å². The standard InChI is InChI=1S/C20H25ClF3N3OS/c21-17-2-1-14(9-16(17)20(22,23)24)13-3-5-26(6-4-13)15-10-18(25-11-15)19(28)27-7-8-29-12-27/h1-2,9,13,15,18,25H,3-8,10-12H2/t15-,18-/m0/s1. The van der Waals surface area contributed by atoms with Gasteiger partial charge in [0.25, 0.3) is 0 Å². The van der Waals surface area contributed by atoms with Crippen LogP contribution in [0.1, 0.15) is 36.3 Å². The molecule has 2 atom stereocenters. The zero-order valence-electron chi connectivity index (χ0n) is 16.1. The molecule has 9 heteroatoms. The molecule has 4 rings (SSSR count). The highest BCUT2D eigenvalue weighted by molar-refractivity contribution is 7.99. The Labute approximate surface area is 178 Å². The molecular weight excluding hydrogens is 423 g/mol. The Kier molecular flexibility index (Phi) is 6.35. The number of carbonyl (C=O) groups is 1. The summed E-state index contributed by atoms with van der Waals surface area (Å²) in [5, 5.41) is 3.12. The lowest BCUT2D eigenvalue weighted by Gasteiger charge is -2.36. The summed E-state index contributed by atoms with van der Waals surface area (Å²) in [4.78, 5) is 16.9. The molecule has 160 valence electrons.